The predicted molar refractivity (Wildman–Crippen MR) is 44.4 cm³/mol. The van der Waals surface area contributed by atoms with Gasteiger partial charge < -0.3 is 10.1 Å². The second kappa shape index (κ2) is 3.17. The second-order valence-electron chi connectivity index (χ2n) is 3.37. The van der Waals surface area contributed by atoms with E-state index in [-0.39, 0.29) is 5.91 Å². The highest BCUT2D eigenvalue weighted by Gasteiger charge is 2.25. The molecule has 0 aromatic rings. The molecule has 66 valence electrons. The van der Waals surface area contributed by atoms with Gasteiger partial charge in [-0.3, -0.25) is 4.79 Å². The first-order valence-corrected chi connectivity index (χ1v) is 4.48. The van der Waals surface area contributed by atoms with Crippen LogP contribution in [0, 0.1) is 0 Å². The monoisotopic (exact) mass is 167 g/mol. The fourth-order valence-corrected chi connectivity index (χ4v) is 1.24. The Kier molecular flexibility index (Phi) is 2.02. The number of rotatable bonds is 2. The molecule has 0 bridgehead atoms. The van der Waals surface area contributed by atoms with E-state index in [0.717, 1.165) is 37.9 Å². The van der Waals surface area contributed by atoms with Gasteiger partial charge in [0.15, 0.2) is 0 Å². The van der Waals surface area contributed by atoms with Gasteiger partial charge in [-0.25, -0.2) is 0 Å². The van der Waals surface area contributed by atoms with Crippen molar-refractivity contribution in [1.82, 2.24) is 5.32 Å². The van der Waals surface area contributed by atoms with Gasteiger partial charge >= 0.3 is 0 Å². The fourth-order valence-electron chi connectivity index (χ4n) is 1.24. The van der Waals surface area contributed by atoms with Crippen LogP contribution in [0.2, 0.25) is 0 Å². The van der Waals surface area contributed by atoms with Crippen LogP contribution < -0.4 is 5.32 Å². The predicted octanol–water partition coefficient (Wildman–Crippen LogP) is 0.959. The number of ether oxygens (including phenoxy) is 1. The third-order valence-corrected chi connectivity index (χ3v) is 2.14. The molecule has 2 rings (SSSR count). The van der Waals surface area contributed by atoms with Gasteiger partial charge in [-0.1, -0.05) is 0 Å². The molecule has 1 aliphatic heterocycles. The molecule has 1 saturated carbocycles. The summed E-state index contributed by atoms with van der Waals surface area (Å²) in [5, 5.41) is 2.94. The topological polar surface area (TPSA) is 38.3 Å². The molecule has 1 fully saturated rings. The van der Waals surface area contributed by atoms with Crippen LogP contribution in [0.3, 0.4) is 0 Å². The Morgan fingerprint density at radius 2 is 2.42 bits per heavy atom. The minimum Gasteiger partial charge on any atom is -0.501 e. The molecule has 0 aromatic heterocycles. The molecule has 0 atom stereocenters. The Labute approximate surface area is 71.8 Å². The molecule has 0 aromatic carbocycles. The van der Waals surface area contributed by atoms with Crippen molar-refractivity contribution >= 4 is 5.91 Å². The van der Waals surface area contributed by atoms with Gasteiger partial charge in [0.1, 0.15) is 0 Å². The lowest BCUT2D eigenvalue weighted by Gasteiger charge is -2.12. The van der Waals surface area contributed by atoms with Crippen molar-refractivity contribution in [2.24, 2.45) is 0 Å². The zero-order valence-electron chi connectivity index (χ0n) is 7.01. The lowest BCUT2D eigenvalue weighted by Crippen LogP contribution is -2.28. The summed E-state index contributed by atoms with van der Waals surface area (Å²) in [5.74, 6) is 0.0669. The zero-order chi connectivity index (χ0) is 8.39. The van der Waals surface area contributed by atoms with Crippen molar-refractivity contribution < 1.29 is 9.53 Å². The van der Waals surface area contributed by atoms with Gasteiger partial charge in [-0.15, -0.1) is 0 Å². The highest BCUT2D eigenvalue weighted by molar-refractivity contribution is 5.93. The fraction of sp³-hybridized carbons (Fsp3) is 0.667. The summed E-state index contributed by atoms with van der Waals surface area (Å²) < 4.78 is 5.08. The Bertz CT molecular complexity index is 219. The van der Waals surface area contributed by atoms with Crippen LogP contribution in [0.15, 0.2) is 11.8 Å². The van der Waals surface area contributed by atoms with Gasteiger partial charge in [-0.05, 0) is 25.7 Å². The highest BCUT2D eigenvalue weighted by atomic mass is 16.5. The van der Waals surface area contributed by atoms with Crippen LogP contribution in [0.1, 0.15) is 25.7 Å². The molecule has 1 heterocycles. The highest BCUT2D eigenvalue weighted by Crippen LogP contribution is 2.20. The van der Waals surface area contributed by atoms with E-state index < -0.39 is 0 Å². The van der Waals surface area contributed by atoms with E-state index in [9.17, 15) is 4.79 Å². The first kappa shape index (κ1) is 7.65. The van der Waals surface area contributed by atoms with Crippen LogP contribution in [0.25, 0.3) is 0 Å². The number of hydrogen-bond acceptors (Lipinski definition) is 2. The van der Waals surface area contributed by atoms with Crippen LogP contribution in [0.4, 0.5) is 0 Å². The SMILES string of the molecule is O=C(NC1CC1)C1=COCCC1. The molecule has 12 heavy (non-hydrogen) atoms. The summed E-state index contributed by atoms with van der Waals surface area (Å²) in [4.78, 5) is 11.4. The summed E-state index contributed by atoms with van der Waals surface area (Å²) in [5.41, 5.74) is 0.799. The second-order valence-corrected chi connectivity index (χ2v) is 3.37. The standard InChI is InChI=1S/C9H13NO2/c11-9(10-8-3-4-8)7-2-1-5-12-6-7/h6,8H,1-5H2,(H,10,11). The number of nitrogens with one attached hydrogen (secondary N) is 1. The lowest BCUT2D eigenvalue weighted by molar-refractivity contribution is -0.118. The van der Waals surface area contributed by atoms with E-state index in [2.05, 4.69) is 5.32 Å². The summed E-state index contributed by atoms with van der Waals surface area (Å²) in [6.07, 6.45) is 5.70. The number of carbonyl (C=O) groups is 1. The summed E-state index contributed by atoms with van der Waals surface area (Å²) in [6.45, 7) is 0.750. The molecule has 0 spiro atoms. The molecule has 0 radical (unpaired) electrons. The Morgan fingerprint density at radius 3 is 3.00 bits per heavy atom. The smallest absolute Gasteiger partial charge is 0.250 e. The summed E-state index contributed by atoms with van der Waals surface area (Å²) in [7, 11) is 0. The normalized spacial score (nSPS) is 22.5. The van der Waals surface area contributed by atoms with Gasteiger partial charge in [-0.2, -0.15) is 0 Å². The molecule has 3 heteroatoms. The molecule has 1 N–H and O–H groups in total. The number of amides is 1. The summed E-state index contributed by atoms with van der Waals surface area (Å²) >= 11 is 0. The number of hydrogen-bond donors (Lipinski definition) is 1. The molecule has 3 nitrogen and oxygen atoms in total. The Hall–Kier alpha value is -0.990. The minimum absolute atomic E-state index is 0.0669. The van der Waals surface area contributed by atoms with E-state index in [0.29, 0.717) is 6.04 Å². The molecular weight excluding hydrogens is 154 g/mol. The van der Waals surface area contributed by atoms with E-state index in [4.69, 9.17) is 4.74 Å². The molecule has 1 amide bonds. The molecule has 2 aliphatic rings. The molecular formula is C9H13NO2. The lowest BCUT2D eigenvalue weighted by atomic mass is 10.1. The summed E-state index contributed by atoms with van der Waals surface area (Å²) in [6, 6.07) is 0.445. The van der Waals surface area contributed by atoms with Gasteiger partial charge in [0, 0.05) is 6.04 Å². The van der Waals surface area contributed by atoms with E-state index in [1.165, 1.54) is 0 Å². The maximum atomic E-state index is 11.4. The van der Waals surface area contributed by atoms with Crippen molar-refractivity contribution in [3.63, 3.8) is 0 Å². The van der Waals surface area contributed by atoms with Crippen molar-refractivity contribution in [3.05, 3.63) is 11.8 Å². The first-order chi connectivity index (χ1) is 5.86. The van der Waals surface area contributed by atoms with Crippen molar-refractivity contribution in [2.75, 3.05) is 6.61 Å². The average molecular weight is 167 g/mol. The maximum absolute atomic E-state index is 11.4. The first-order valence-electron chi connectivity index (χ1n) is 4.48. The average Bonchev–Trinajstić information content (AvgIpc) is 2.90. The van der Waals surface area contributed by atoms with E-state index in [1.807, 2.05) is 0 Å². The van der Waals surface area contributed by atoms with Gasteiger partial charge in [0.05, 0.1) is 18.4 Å². The molecule has 1 aliphatic carbocycles. The maximum Gasteiger partial charge on any atom is 0.250 e. The zero-order valence-corrected chi connectivity index (χ0v) is 7.01. The van der Waals surface area contributed by atoms with Crippen LogP contribution in [-0.4, -0.2) is 18.6 Å². The minimum atomic E-state index is 0.0669. The van der Waals surface area contributed by atoms with Crippen molar-refractivity contribution in [3.8, 4) is 0 Å². The van der Waals surface area contributed by atoms with Gasteiger partial charge in [0.2, 0.25) is 0 Å². The van der Waals surface area contributed by atoms with Crippen molar-refractivity contribution in [1.29, 1.82) is 0 Å². The largest absolute Gasteiger partial charge is 0.501 e. The molecule has 0 saturated heterocycles. The third-order valence-electron chi connectivity index (χ3n) is 2.14. The quantitative estimate of drug-likeness (QED) is 0.665. The van der Waals surface area contributed by atoms with Crippen LogP contribution in [-0.2, 0) is 9.53 Å². The van der Waals surface area contributed by atoms with E-state index >= 15 is 0 Å². The third kappa shape index (κ3) is 1.78. The Balaban J connectivity index is 1.88. The molecule has 0 unspecified atom stereocenters. The van der Waals surface area contributed by atoms with E-state index in [1.54, 1.807) is 6.26 Å². The van der Waals surface area contributed by atoms with Gasteiger partial charge in [0.25, 0.3) is 5.91 Å². The van der Waals surface area contributed by atoms with Crippen molar-refractivity contribution in [2.45, 2.75) is 31.7 Å². The van der Waals surface area contributed by atoms with Crippen LogP contribution in [0.5, 0.6) is 0 Å². The number of carbonyl (C=O) groups excluding carboxylic acids is 1. The Morgan fingerprint density at radius 1 is 1.58 bits per heavy atom. The van der Waals surface area contributed by atoms with Crippen LogP contribution >= 0.6 is 0 Å².